The van der Waals surface area contributed by atoms with E-state index in [4.69, 9.17) is 0 Å². The Morgan fingerprint density at radius 2 is 0.857 bits per heavy atom. The van der Waals surface area contributed by atoms with Gasteiger partial charge in [0.15, 0.2) is 7.28 Å². The Balaban J connectivity index is 0.000000261. The molecule has 2 aromatic carbocycles. The Morgan fingerprint density at radius 1 is 0.536 bits per heavy atom. The number of allylic oxidation sites excluding steroid dienone is 6. The van der Waals surface area contributed by atoms with Gasteiger partial charge in [0.25, 0.3) is 0 Å². The van der Waals surface area contributed by atoms with Crippen LogP contribution >= 0.6 is 0 Å². The van der Waals surface area contributed by atoms with E-state index in [1.807, 2.05) is 0 Å². The molecule has 1 aliphatic rings. The van der Waals surface area contributed by atoms with Crippen molar-refractivity contribution in [2.24, 2.45) is 0 Å². The minimum absolute atomic E-state index is 1.09. The van der Waals surface area contributed by atoms with E-state index < -0.39 is 0 Å². The Kier molecular flexibility index (Phi) is 7.69. The quantitative estimate of drug-likeness (QED) is 0.567. The molecular formula is C27H34B. The number of benzene rings is 2. The molecule has 0 aliphatic heterocycles. The molecule has 0 saturated heterocycles. The van der Waals surface area contributed by atoms with Gasteiger partial charge in [0.2, 0.25) is 0 Å². The molecule has 3 rings (SSSR count). The van der Waals surface area contributed by atoms with Crippen LogP contribution in [0.4, 0.5) is 0 Å². The summed E-state index contributed by atoms with van der Waals surface area (Å²) in [7, 11) is 2.34. The fourth-order valence-corrected chi connectivity index (χ4v) is 3.81. The highest BCUT2D eigenvalue weighted by atomic mass is 14.0. The van der Waals surface area contributed by atoms with Crippen molar-refractivity contribution in [3.63, 3.8) is 0 Å². The van der Waals surface area contributed by atoms with Crippen molar-refractivity contribution in [1.29, 1.82) is 0 Å². The zero-order valence-electron chi connectivity index (χ0n) is 18.9. The van der Waals surface area contributed by atoms with E-state index in [0.717, 1.165) is 6.42 Å². The maximum absolute atomic E-state index is 2.34. The summed E-state index contributed by atoms with van der Waals surface area (Å²) in [6.45, 7) is 17.4. The molecule has 0 atom stereocenters. The van der Waals surface area contributed by atoms with Crippen LogP contribution in [0, 0.1) is 41.5 Å². The average molecular weight is 369 g/mol. The van der Waals surface area contributed by atoms with E-state index in [9.17, 15) is 0 Å². The summed E-state index contributed by atoms with van der Waals surface area (Å²) in [6, 6.07) is 9.05. The van der Waals surface area contributed by atoms with Gasteiger partial charge in [0.05, 0.1) is 0 Å². The van der Waals surface area contributed by atoms with E-state index in [2.05, 4.69) is 111 Å². The first-order valence-corrected chi connectivity index (χ1v) is 10.2. The van der Waals surface area contributed by atoms with Crippen LogP contribution in [0.5, 0.6) is 0 Å². The van der Waals surface area contributed by atoms with Crippen molar-refractivity contribution < 1.29 is 0 Å². The Labute approximate surface area is 173 Å². The molecule has 0 amide bonds. The third-order valence-electron chi connectivity index (χ3n) is 5.25. The van der Waals surface area contributed by atoms with Crippen molar-refractivity contribution in [1.82, 2.24) is 0 Å². The van der Waals surface area contributed by atoms with E-state index in [1.54, 1.807) is 0 Å². The summed E-state index contributed by atoms with van der Waals surface area (Å²) < 4.78 is 0. The molecule has 0 spiro atoms. The van der Waals surface area contributed by atoms with Crippen molar-refractivity contribution >= 4 is 18.2 Å². The summed E-state index contributed by atoms with van der Waals surface area (Å²) >= 11 is 0. The van der Waals surface area contributed by atoms with E-state index in [0.29, 0.717) is 0 Å². The van der Waals surface area contributed by atoms with Gasteiger partial charge in [-0.15, -0.1) is 0 Å². The van der Waals surface area contributed by atoms with Gasteiger partial charge in [-0.25, -0.2) is 0 Å². The fourth-order valence-electron chi connectivity index (χ4n) is 3.81. The first-order chi connectivity index (χ1) is 13.2. The van der Waals surface area contributed by atoms with E-state index in [1.165, 1.54) is 55.5 Å². The molecule has 0 fully saturated rings. The summed E-state index contributed by atoms with van der Waals surface area (Å²) in [4.78, 5) is 0. The summed E-state index contributed by atoms with van der Waals surface area (Å²) in [5.41, 5.74) is 13.6. The molecule has 0 unspecified atom stereocenters. The normalized spacial score (nSPS) is 13.1. The van der Waals surface area contributed by atoms with Crippen LogP contribution in [0.15, 0.2) is 59.7 Å². The molecule has 1 radical (unpaired) electrons. The molecule has 0 nitrogen and oxygen atoms in total. The smallest absolute Gasteiger partial charge is 0.0778 e. The molecule has 28 heavy (non-hydrogen) atoms. The van der Waals surface area contributed by atoms with Gasteiger partial charge >= 0.3 is 0 Å². The zero-order chi connectivity index (χ0) is 20.8. The monoisotopic (exact) mass is 369 g/mol. The van der Waals surface area contributed by atoms with Crippen LogP contribution < -0.4 is 10.9 Å². The number of hydrogen-bond acceptors (Lipinski definition) is 0. The first-order valence-electron chi connectivity index (χ1n) is 10.2. The second-order valence-corrected chi connectivity index (χ2v) is 8.23. The highest BCUT2D eigenvalue weighted by molar-refractivity contribution is 6.69. The lowest BCUT2D eigenvalue weighted by Crippen LogP contribution is -2.34. The van der Waals surface area contributed by atoms with Gasteiger partial charge in [0, 0.05) is 0 Å². The summed E-state index contributed by atoms with van der Waals surface area (Å²) in [6.07, 6.45) is 9.85. The summed E-state index contributed by atoms with van der Waals surface area (Å²) in [5.74, 6) is 0. The topological polar surface area (TPSA) is 0 Å². The molecule has 0 saturated carbocycles. The van der Waals surface area contributed by atoms with Crippen LogP contribution in [0.25, 0.3) is 0 Å². The fraction of sp³-hybridized carbons (Fsp3) is 0.333. The Hall–Kier alpha value is -2.28. The predicted molar refractivity (Wildman–Crippen MR) is 128 cm³/mol. The molecule has 0 aromatic heterocycles. The van der Waals surface area contributed by atoms with Gasteiger partial charge < -0.3 is 0 Å². The second kappa shape index (κ2) is 9.78. The largest absolute Gasteiger partial charge is 0.192 e. The van der Waals surface area contributed by atoms with Gasteiger partial charge in [-0.05, 0) is 61.8 Å². The van der Waals surface area contributed by atoms with Gasteiger partial charge in [-0.3, -0.25) is 0 Å². The average Bonchev–Trinajstić information content (AvgIpc) is 2.77. The SMILES string of the molecule is CC1=CCC=C(C)C=C1.Cc1cc(C)c([B]c2c(C)cc(C)cc2C)c(C)c1. The van der Waals surface area contributed by atoms with Crippen LogP contribution in [0.1, 0.15) is 53.6 Å². The van der Waals surface area contributed by atoms with Gasteiger partial charge in [-0.2, -0.15) is 0 Å². The summed E-state index contributed by atoms with van der Waals surface area (Å²) in [5, 5.41) is 0. The Bertz CT molecular complexity index is 817. The second-order valence-electron chi connectivity index (χ2n) is 8.23. The van der Waals surface area contributed by atoms with E-state index >= 15 is 0 Å². The molecular weight excluding hydrogens is 335 g/mol. The predicted octanol–water partition coefficient (Wildman–Crippen LogP) is 6.03. The molecule has 1 heteroatoms. The highest BCUT2D eigenvalue weighted by Gasteiger charge is 2.11. The lowest BCUT2D eigenvalue weighted by molar-refractivity contribution is 1.32. The third kappa shape index (κ3) is 6.13. The molecule has 0 heterocycles. The van der Waals surface area contributed by atoms with Gasteiger partial charge in [-0.1, -0.05) is 104 Å². The molecule has 0 bridgehead atoms. The number of rotatable bonds is 2. The lowest BCUT2D eigenvalue weighted by atomic mass is 9.58. The highest BCUT2D eigenvalue weighted by Crippen LogP contribution is 2.09. The first kappa shape index (κ1) is 22.0. The van der Waals surface area contributed by atoms with Crippen molar-refractivity contribution in [2.45, 2.75) is 61.8 Å². The minimum atomic E-state index is 1.09. The van der Waals surface area contributed by atoms with Crippen molar-refractivity contribution in [3.8, 4) is 0 Å². The maximum atomic E-state index is 2.34. The van der Waals surface area contributed by atoms with Crippen molar-refractivity contribution in [2.75, 3.05) is 0 Å². The number of hydrogen-bond donors (Lipinski definition) is 0. The van der Waals surface area contributed by atoms with Gasteiger partial charge in [0.1, 0.15) is 0 Å². The minimum Gasteiger partial charge on any atom is -0.0778 e. The molecule has 0 N–H and O–H groups in total. The van der Waals surface area contributed by atoms with E-state index in [-0.39, 0.29) is 0 Å². The zero-order valence-corrected chi connectivity index (χ0v) is 18.9. The standard InChI is InChI=1S/C18H22B.C9H12/c1-11-7-13(3)17(14(4)8-11)19-18-15(5)9-12(2)10-16(18)6;1-8-4-3-5-9(2)7-6-8/h7-10H,1-6H3;4-7H,3H2,1-2H3. The van der Waals surface area contributed by atoms with Crippen molar-refractivity contribution in [3.05, 3.63) is 93.1 Å². The molecule has 2 aromatic rings. The maximum Gasteiger partial charge on any atom is 0.192 e. The number of aryl methyl sites for hydroxylation is 6. The molecule has 1 aliphatic carbocycles. The van der Waals surface area contributed by atoms with Crippen LogP contribution in [0.2, 0.25) is 0 Å². The lowest BCUT2D eigenvalue weighted by Gasteiger charge is -2.15. The Morgan fingerprint density at radius 3 is 1.18 bits per heavy atom. The van der Waals surface area contributed by atoms with Crippen LogP contribution in [-0.2, 0) is 0 Å². The molecule has 145 valence electrons. The van der Waals surface area contributed by atoms with Crippen LogP contribution in [0.3, 0.4) is 0 Å². The van der Waals surface area contributed by atoms with Crippen LogP contribution in [-0.4, -0.2) is 7.28 Å². The third-order valence-corrected chi connectivity index (χ3v) is 5.25.